The molecule has 0 saturated heterocycles. The number of alkyl halides is 3. The van der Waals surface area contributed by atoms with Gasteiger partial charge in [0.25, 0.3) is 5.76 Å². The van der Waals surface area contributed by atoms with Crippen molar-refractivity contribution in [1.82, 2.24) is 0 Å². The van der Waals surface area contributed by atoms with Crippen LogP contribution < -0.4 is 14.9 Å². The molecule has 4 rings (SSSR count). The van der Waals surface area contributed by atoms with Gasteiger partial charge in [-0.3, -0.25) is 4.79 Å². The lowest BCUT2D eigenvalue weighted by Crippen LogP contribution is -2.16. The summed E-state index contributed by atoms with van der Waals surface area (Å²) in [7, 11) is 0. The van der Waals surface area contributed by atoms with Gasteiger partial charge in [0.15, 0.2) is 6.61 Å². The Labute approximate surface area is 225 Å². The second-order valence-electron chi connectivity index (χ2n) is 8.44. The lowest BCUT2D eigenvalue weighted by atomic mass is 10.2. The van der Waals surface area contributed by atoms with Crippen LogP contribution in [0.1, 0.15) is 35.0 Å². The first-order valence-corrected chi connectivity index (χ1v) is 12.1. The maximum atomic E-state index is 13.9. The summed E-state index contributed by atoms with van der Waals surface area (Å²) in [5, 5.41) is -0.207. The fourth-order valence-electron chi connectivity index (χ4n) is 3.50. The van der Waals surface area contributed by atoms with Crippen molar-refractivity contribution < 1.29 is 46.1 Å². The fraction of sp³-hybridized carbons (Fsp3) is 0.207. The van der Waals surface area contributed by atoms with Crippen LogP contribution in [0.5, 0.6) is 17.2 Å². The molecule has 8 nitrogen and oxygen atoms in total. The monoisotopic (exact) mass is 556 g/mol. The van der Waals surface area contributed by atoms with Crippen molar-refractivity contribution in [3.8, 4) is 17.2 Å². The van der Waals surface area contributed by atoms with Crippen LogP contribution in [0.25, 0.3) is 11.0 Å². The minimum atomic E-state index is -5.08. The quantitative estimate of drug-likeness (QED) is 0.210. The van der Waals surface area contributed by atoms with E-state index in [-0.39, 0.29) is 35.7 Å². The van der Waals surface area contributed by atoms with E-state index in [4.69, 9.17) is 23.4 Å². The average Bonchev–Trinajstić information content (AvgIpc) is 2.95. The molecule has 0 saturated carbocycles. The van der Waals surface area contributed by atoms with Gasteiger partial charge in [-0.25, -0.2) is 9.59 Å². The Balaban J connectivity index is 1.53. The number of benzene rings is 3. The molecule has 0 fully saturated rings. The van der Waals surface area contributed by atoms with Gasteiger partial charge in [0, 0.05) is 6.07 Å². The highest BCUT2D eigenvalue weighted by Crippen LogP contribution is 2.38. The minimum Gasteiger partial charge on any atom is -0.482 e. The molecule has 40 heavy (non-hydrogen) atoms. The second-order valence-corrected chi connectivity index (χ2v) is 8.44. The molecule has 0 atom stereocenters. The van der Waals surface area contributed by atoms with Crippen LogP contribution in [-0.2, 0) is 27.1 Å². The van der Waals surface area contributed by atoms with Crippen molar-refractivity contribution in [3.05, 3.63) is 99.9 Å². The van der Waals surface area contributed by atoms with Crippen LogP contribution in [0.15, 0.2) is 82.0 Å². The molecule has 0 N–H and O–H groups in total. The van der Waals surface area contributed by atoms with E-state index in [1.165, 1.54) is 36.4 Å². The number of carbonyl (C=O) groups excluding carboxylic acids is 2. The van der Waals surface area contributed by atoms with E-state index in [9.17, 15) is 27.6 Å². The number of rotatable bonds is 10. The molecule has 3 aromatic carbocycles. The number of carbonyl (C=O) groups is 2. The molecule has 0 aliphatic rings. The predicted octanol–water partition coefficient (Wildman–Crippen LogP) is 6.29. The van der Waals surface area contributed by atoms with Crippen LogP contribution >= 0.6 is 0 Å². The first kappa shape index (κ1) is 28.2. The Morgan fingerprint density at radius 1 is 0.900 bits per heavy atom. The molecule has 0 bridgehead atoms. The van der Waals surface area contributed by atoms with Crippen molar-refractivity contribution in [3.63, 3.8) is 0 Å². The Morgan fingerprint density at radius 3 is 2.27 bits per heavy atom. The molecular weight excluding hydrogens is 533 g/mol. The first-order chi connectivity index (χ1) is 19.2. The zero-order valence-corrected chi connectivity index (χ0v) is 21.2. The minimum absolute atomic E-state index is 0.0142. The van der Waals surface area contributed by atoms with Gasteiger partial charge in [-0.1, -0.05) is 37.3 Å². The first-order valence-electron chi connectivity index (χ1n) is 12.1. The van der Waals surface area contributed by atoms with Crippen LogP contribution in [0.2, 0.25) is 0 Å². The van der Waals surface area contributed by atoms with Crippen molar-refractivity contribution in [2.24, 2.45) is 0 Å². The van der Waals surface area contributed by atoms with Crippen LogP contribution in [0.3, 0.4) is 0 Å². The normalized spacial score (nSPS) is 11.2. The third kappa shape index (κ3) is 6.99. The molecule has 1 heterocycles. The van der Waals surface area contributed by atoms with Gasteiger partial charge in [-0.2, -0.15) is 13.2 Å². The summed E-state index contributed by atoms with van der Waals surface area (Å²) in [6.45, 7) is 1.56. The van der Waals surface area contributed by atoms with E-state index in [0.717, 1.165) is 11.6 Å². The van der Waals surface area contributed by atoms with Crippen molar-refractivity contribution in [1.29, 1.82) is 0 Å². The van der Waals surface area contributed by atoms with E-state index in [2.05, 4.69) is 0 Å². The predicted molar refractivity (Wildman–Crippen MR) is 136 cm³/mol. The van der Waals surface area contributed by atoms with Crippen LogP contribution in [-0.4, -0.2) is 25.2 Å². The molecule has 208 valence electrons. The Bertz CT molecular complexity index is 1540. The standard InChI is InChI=1S/C29H23F3O8/c1-2-14-36-28(35)19-8-10-20(11-9-19)39-26-25(34)22-13-12-21(15-23(22)40-27(26)29(30,31)32)37-17-24(33)38-16-18-6-4-3-5-7-18/h3-13,15H,2,14,16-17H2,1H3. The van der Waals surface area contributed by atoms with E-state index in [1.807, 2.05) is 13.0 Å². The van der Waals surface area contributed by atoms with Crippen molar-refractivity contribution in [2.75, 3.05) is 13.2 Å². The Morgan fingerprint density at radius 2 is 1.60 bits per heavy atom. The van der Waals surface area contributed by atoms with E-state index in [1.54, 1.807) is 24.3 Å². The fourth-order valence-corrected chi connectivity index (χ4v) is 3.50. The number of ether oxygens (including phenoxy) is 4. The maximum Gasteiger partial charge on any atom is 0.453 e. The summed E-state index contributed by atoms with van der Waals surface area (Å²) in [5.74, 6) is -4.17. The third-order valence-electron chi connectivity index (χ3n) is 5.43. The Kier molecular flexibility index (Phi) is 8.73. The number of halogens is 3. The zero-order valence-electron chi connectivity index (χ0n) is 21.2. The molecule has 11 heteroatoms. The molecule has 0 aliphatic heterocycles. The SMILES string of the molecule is CCCOC(=O)c1ccc(Oc2c(C(F)(F)F)oc3cc(OCC(=O)OCc4ccccc4)ccc3c2=O)cc1. The van der Waals surface area contributed by atoms with Gasteiger partial charge >= 0.3 is 18.1 Å². The summed E-state index contributed by atoms with van der Waals surface area (Å²) < 4.78 is 67.4. The summed E-state index contributed by atoms with van der Waals surface area (Å²) in [6.07, 6.45) is -4.45. The molecule has 0 radical (unpaired) electrons. The number of fused-ring (bicyclic) bond motifs is 1. The summed E-state index contributed by atoms with van der Waals surface area (Å²) in [4.78, 5) is 37.0. The summed E-state index contributed by atoms with van der Waals surface area (Å²) in [6, 6.07) is 17.6. The van der Waals surface area contributed by atoms with E-state index in [0.29, 0.717) is 6.42 Å². The second kappa shape index (κ2) is 12.4. The topological polar surface area (TPSA) is 101 Å². The average molecular weight is 556 g/mol. The van der Waals surface area contributed by atoms with Crippen molar-refractivity contribution in [2.45, 2.75) is 26.1 Å². The van der Waals surface area contributed by atoms with E-state index >= 15 is 0 Å². The number of hydrogen-bond acceptors (Lipinski definition) is 8. The molecule has 1 aromatic heterocycles. The highest BCUT2D eigenvalue weighted by atomic mass is 19.4. The zero-order chi connectivity index (χ0) is 28.7. The molecular formula is C29H23F3O8. The van der Waals surface area contributed by atoms with Gasteiger partial charge in [0.05, 0.1) is 17.6 Å². The van der Waals surface area contributed by atoms with Gasteiger partial charge in [-0.05, 0) is 48.4 Å². The molecule has 4 aromatic rings. The largest absolute Gasteiger partial charge is 0.482 e. The van der Waals surface area contributed by atoms with Gasteiger partial charge < -0.3 is 23.4 Å². The molecule has 0 unspecified atom stereocenters. The summed E-state index contributed by atoms with van der Waals surface area (Å²) >= 11 is 0. The van der Waals surface area contributed by atoms with E-state index < -0.39 is 47.2 Å². The van der Waals surface area contributed by atoms with Gasteiger partial charge in [-0.15, -0.1) is 0 Å². The number of esters is 2. The van der Waals surface area contributed by atoms with Crippen LogP contribution in [0.4, 0.5) is 13.2 Å². The van der Waals surface area contributed by atoms with Gasteiger partial charge in [0.1, 0.15) is 23.7 Å². The lowest BCUT2D eigenvalue weighted by molar-refractivity contribution is -0.154. The molecule has 0 spiro atoms. The lowest BCUT2D eigenvalue weighted by Gasteiger charge is -2.14. The highest BCUT2D eigenvalue weighted by Gasteiger charge is 2.40. The Hall–Kier alpha value is -4.80. The van der Waals surface area contributed by atoms with Gasteiger partial charge in [0.2, 0.25) is 11.2 Å². The van der Waals surface area contributed by atoms with Crippen LogP contribution in [0, 0.1) is 0 Å². The summed E-state index contributed by atoms with van der Waals surface area (Å²) in [5.41, 5.74) is -0.562. The molecule has 0 amide bonds. The number of hydrogen-bond donors (Lipinski definition) is 0. The van der Waals surface area contributed by atoms with Crippen molar-refractivity contribution >= 4 is 22.9 Å². The maximum absolute atomic E-state index is 13.9. The highest BCUT2D eigenvalue weighted by molar-refractivity contribution is 5.89. The third-order valence-corrected chi connectivity index (χ3v) is 5.43. The molecule has 0 aliphatic carbocycles. The smallest absolute Gasteiger partial charge is 0.453 e.